The molecule has 19 nitrogen and oxygen atoms in total. The number of para-hydroxylation sites is 1. The van der Waals surface area contributed by atoms with E-state index in [-0.39, 0.29) is 11.1 Å². The van der Waals surface area contributed by atoms with E-state index in [4.69, 9.17) is 103 Å². The quantitative estimate of drug-likeness (QED) is 0.0883. The van der Waals surface area contributed by atoms with Gasteiger partial charge in [0, 0.05) is 105 Å². The van der Waals surface area contributed by atoms with Gasteiger partial charge in [0.25, 0.3) is 11.6 Å². The lowest BCUT2D eigenvalue weighted by molar-refractivity contribution is -0.224. The highest BCUT2D eigenvalue weighted by Crippen LogP contribution is 2.37. The number of rotatable bonds is 5. The van der Waals surface area contributed by atoms with Crippen molar-refractivity contribution in [3.8, 4) is 22.8 Å². The molecule has 0 atom stereocenters. The number of halogens is 4. The number of aryl methyl sites for hydroxylation is 18. The van der Waals surface area contributed by atoms with Crippen LogP contribution in [0.3, 0.4) is 0 Å². The van der Waals surface area contributed by atoms with Crippen LogP contribution in [0.1, 0.15) is 141 Å². The van der Waals surface area contributed by atoms with Gasteiger partial charge in [0.15, 0.2) is 10.3 Å². The summed E-state index contributed by atoms with van der Waals surface area (Å²) in [6.07, 6.45) is 4.11. The number of carbonyl (C=O) groups is 4. The Hall–Kier alpha value is -12.1. The summed E-state index contributed by atoms with van der Waals surface area (Å²) in [5.74, 6) is 5.03. The van der Waals surface area contributed by atoms with Crippen LogP contribution in [0.5, 0.6) is 11.5 Å². The largest absolute Gasteiger partial charge is 0.497 e. The Bertz CT molecular complexity index is 6520. The van der Waals surface area contributed by atoms with E-state index in [0.717, 1.165) is 135 Å². The summed E-state index contributed by atoms with van der Waals surface area (Å²) in [5.41, 5.74) is 18.9. The van der Waals surface area contributed by atoms with Crippen LogP contribution in [0.25, 0.3) is 89.3 Å². The molecular weight excluding hydrogens is 1690 g/mol. The molecule has 2 aliphatic rings. The van der Waals surface area contributed by atoms with Crippen LogP contribution in [0, 0.1) is 125 Å². The maximum atomic E-state index is 11.7. The molecule has 16 aromatic rings. The molecule has 0 aliphatic carbocycles. The van der Waals surface area contributed by atoms with Crippen molar-refractivity contribution in [3.05, 3.63) is 302 Å². The molecule has 642 valence electrons. The molecule has 18 rings (SSSR count). The molecular formula is C100H100BrCl3O19. The van der Waals surface area contributed by atoms with Crippen molar-refractivity contribution >= 4 is 153 Å². The van der Waals surface area contributed by atoms with Crippen molar-refractivity contribution in [3.63, 3.8) is 0 Å². The van der Waals surface area contributed by atoms with Crippen LogP contribution in [0.4, 0.5) is 0 Å². The molecule has 9 aromatic heterocycles. The lowest BCUT2D eigenvalue weighted by Crippen LogP contribution is -2.41. The number of cyclic esters (lactones) is 4. The first-order valence-corrected chi connectivity index (χ1v) is 41.3. The minimum Gasteiger partial charge on any atom is -0.497 e. The fourth-order valence-electron chi connectivity index (χ4n) is 13.0. The van der Waals surface area contributed by atoms with E-state index in [1.54, 1.807) is 39.3 Å². The standard InChI is InChI=1S/C12H11BrO5.C12H12O5.C12H14O.C12H12O.2C11H12O2.C10H8Cl2O.C10H9ClO.C10H10O/c1-6-4-7(16-9(6)13)5-8-10(14)17-12(2,3)18-11(8)15;1-7-4-5-15-9(7)6-8-10(13)16-12(2,3)17-11(8)14;1-7-5-8(2)12-9(3)10(4)13-11(12)6-7;1-9-8-12(13-10(9)2)11-6-4-3-5-7-11;1-7-8(2)13-11-5-4-9(12-3)6-10(7)11;1-7-8(2)13-11-6-9(12-3)4-5-10(7)11;1-5-6(2)13-10-8(5)3-7(11)4-9(10)12;1-6-7(2)12-10-5-8(11)3-4-9(6)10;1-7-8(2)11-10-6-4-3-5-9(7)10/h4-5H,1-3H3;4-6H,1-3H3;5-6H,1-4H3;3-8H,1-2H3;2*4-6H,1-3H3;3-4H,1-2H3;3-5H,1-2H3;3-6H,1-2H3. The summed E-state index contributed by atoms with van der Waals surface area (Å²) in [7, 11) is 3.33. The highest BCUT2D eigenvalue weighted by Gasteiger charge is 2.40. The number of methoxy groups -OCH3 is 2. The first-order chi connectivity index (χ1) is 58.0. The fourth-order valence-corrected chi connectivity index (χ4v) is 14.0. The molecule has 0 saturated carbocycles. The van der Waals surface area contributed by atoms with Crippen molar-refractivity contribution in [2.24, 2.45) is 0 Å². The van der Waals surface area contributed by atoms with Gasteiger partial charge in [0.05, 0.1) is 25.5 Å². The number of fused-ring (bicyclic) bond motifs is 6. The van der Waals surface area contributed by atoms with Gasteiger partial charge in [-0.25, -0.2) is 19.2 Å². The van der Waals surface area contributed by atoms with Crippen molar-refractivity contribution in [1.82, 2.24) is 0 Å². The molecule has 2 fully saturated rings. The van der Waals surface area contributed by atoms with E-state index < -0.39 is 35.5 Å². The molecule has 11 heterocycles. The van der Waals surface area contributed by atoms with E-state index in [0.29, 0.717) is 26.2 Å². The number of benzene rings is 7. The first-order valence-electron chi connectivity index (χ1n) is 39.3. The third-order valence-corrected chi connectivity index (χ3v) is 22.1. The van der Waals surface area contributed by atoms with E-state index in [9.17, 15) is 19.2 Å². The third-order valence-electron chi connectivity index (χ3n) is 20.6. The van der Waals surface area contributed by atoms with Crippen LogP contribution >= 0.6 is 50.7 Å². The van der Waals surface area contributed by atoms with Gasteiger partial charge in [-0.05, 0) is 281 Å². The zero-order valence-electron chi connectivity index (χ0n) is 73.4. The molecule has 0 amide bonds. The Labute approximate surface area is 737 Å². The van der Waals surface area contributed by atoms with E-state index in [1.165, 1.54) is 107 Å². The number of furan rings is 9. The summed E-state index contributed by atoms with van der Waals surface area (Å²) in [6, 6.07) is 49.1. The summed E-state index contributed by atoms with van der Waals surface area (Å²) < 4.78 is 79.9. The lowest BCUT2D eigenvalue weighted by Gasteiger charge is -2.29. The van der Waals surface area contributed by atoms with Crippen molar-refractivity contribution < 1.29 is 87.4 Å². The van der Waals surface area contributed by atoms with E-state index in [1.807, 2.05) is 159 Å². The SMILES string of the molecule is COc1ccc2c(C)c(C)oc2c1.COc1ccc2oc(C)c(C)c2c1.Cc1cc(-c2ccccc2)oc1C.Cc1cc(C)c2c(C)c(C)oc2c1.Cc1cc(C=C2C(=O)OC(C)(C)OC2=O)oc1Br.Cc1ccoc1C=C1C(=O)OC(C)(C)OC1=O.Cc1oc2c(Cl)cc(Cl)cc2c1C.Cc1oc2cc(Cl)ccc2c1C.Cc1oc2ccccc2c1C. The predicted octanol–water partition coefficient (Wildman–Crippen LogP) is 28.8. The first kappa shape index (κ1) is 93.2. The van der Waals surface area contributed by atoms with Gasteiger partial charge < -0.3 is 68.2 Å². The molecule has 23 heteroatoms. The van der Waals surface area contributed by atoms with Crippen LogP contribution < -0.4 is 9.47 Å². The van der Waals surface area contributed by atoms with Gasteiger partial charge in [-0.1, -0.05) is 89.4 Å². The maximum absolute atomic E-state index is 11.7. The van der Waals surface area contributed by atoms with Crippen LogP contribution in [-0.2, 0) is 38.1 Å². The Morgan fingerprint density at radius 1 is 0.358 bits per heavy atom. The van der Waals surface area contributed by atoms with E-state index >= 15 is 0 Å². The zero-order valence-corrected chi connectivity index (χ0v) is 77.3. The topological polar surface area (TPSA) is 242 Å². The molecule has 0 spiro atoms. The number of ether oxygens (including phenoxy) is 6. The van der Waals surface area contributed by atoms with Gasteiger partial charge in [-0.15, -0.1) is 0 Å². The van der Waals surface area contributed by atoms with Crippen LogP contribution in [0.15, 0.2) is 213 Å². The lowest BCUT2D eigenvalue weighted by atomic mass is 10.0. The number of hydrogen-bond donors (Lipinski definition) is 0. The molecule has 0 radical (unpaired) electrons. The molecule has 123 heavy (non-hydrogen) atoms. The molecule has 0 unspecified atom stereocenters. The van der Waals surface area contributed by atoms with Crippen molar-refractivity contribution in [2.45, 2.75) is 164 Å². The Morgan fingerprint density at radius 2 is 0.829 bits per heavy atom. The Balaban J connectivity index is 0.000000145. The second-order valence-corrected chi connectivity index (χ2v) is 32.5. The maximum Gasteiger partial charge on any atom is 0.348 e. The normalized spacial score (nSPS) is 13.0. The zero-order chi connectivity index (χ0) is 90.0. The van der Waals surface area contributed by atoms with Gasteiger partial charge in [0.1, 0.15) is 108 Å². The fraction of sp³-hybridized carbons (Fsp3) is 0.260. The molecule has 7 aromatic carbocycles. The third kappa shape index (κ3) is 23.0. The second-order valence-electron chi connectivity index (χ2n) is 30.5. The summed E-state index contributed by atoms with van der Waals surface area (Å²) in [4.78, 5) is 46.6. The summed E-state index contributed by atoms with van der Waals surface area (Å²) in [6.45, 7) is 42.1. The highest BCUT2D eigenvalue weighted by atomic mass is 79.9. The summed E-state index contributed by atoms with van der Waals surface area (Å²) in [5, 5.41) is 8.88. The van der Waals surface area contributed by atoms with E-state index in [2.05, 4.69) is 108 Å². The van der Waals surface area contributed by atoms with Gasteiger partial charge in [0.2, 0.25) is 0 Å². The van der Waals surface area contributed by atoms with Gasteiger partial charge >= 0.3 is 23.9 Å². The molecule has 2 saturated heterocycles. The Morgan fingerprint density at radius 3 is 1.36 bits per heavy atom. The monoisotopic (exact) mass is 1790 g/mol. The van der Waals surface area contributed by atoms with Crippen molar-refractivity contribution in [1.29, 1.82) is 0 Å². The van der Waals surface area contributed by atoms with Crippen LogP contribution in [-0.4, -0.2) is 49.7 Å². The summed E-state index contributed by atoms with van der Waals surface area (Å²) >= 11 is 20.9. The number of esters is 4. The predicted molar refractivity (Wildman–Crippen MR) is 488 cm³/mol. The average molecular weight is 1790 g/mol. The van der Waals surface area contributed by atoms with Crippen molar-refractivity contribution in [2.75, 3.05) is 14.2 Å². The second kappa shape index (κ2) is 39.8. The van der Waals surface area contributed by atoms with Gasteiger partial charge in [-0.2, -0.15) is 0 Å². The molecule has 0 bridgehead atoms. The van der Waals surface area contributed by atoms with Crippen LogP contribution in [0.2, 0.25) is 15.1 Å². The Kier molecular flexibility index (Phi) is 30.2. The molecule has 0 N–H and O–H groups in total. The van der Waals surface area contributed by atoms with Gasteiger partial charge in [-0.3, -0.25) is 0 Å². The molecule has 2 aliphatic heterocycles. The minimum atomic E-state index is -1.23. The average Bonchev–Trinajstić information content (AvgIpc) is 1.75. The number of carbonyl (C=O) groups excluding carboxylic acids is 4. The highest BCUT2D eigenvalue weighted by molar-refractivity contribution is 9.10. The minimum absolute atomic E-state index is 0.164. The number of hydrogen-bond acceptors (Lipinski definition) is 19. The smallest absolute Gasteiger partial charge is 0.348 e.